The second kappa shape index (κ2) is 16.6. The minimum Gasteiger partial charge on any atom is -0.348 e. The van der Waals surface area contributed by atoms with E-state index in [0.717, 1.165) is 31.3 Å². The van der Waals surface area contributed by atoms with Gasteiger partial charge in [-0.1, -0.05) is 95.0 Å². The Morgan fingerprint density at radius 2 is 1.47 bits per heavy atom. The first-order chi connectivity index (χ1) is 15.2. The second-order valence-electron chi connectivity index (χ2n) is 8.36. The molecule has 32 heavy (non-hydrogen) atoms. The topological polar surface area (TPSA) is 36.4 Å². The predicted octanol–water partition coefficient (Wildman–Crippen LogP) is 8.21. The van der Waals surface area contributed by atoms with Crippen LogP contribution >= 0.6 is 0 Å². The van der Waals surface area contributed by atoms with Crippen LogP contribution in [0, 0.1) is 0 Å². The van der Waals surface area contributed by atoms with E-state index in [1.165, 1.54) is 66.4 Å². The standard InChI is InChI=1S/C29H38N2.Pd/c1-4-7-10-14-26(23-31-30)22-29(27-19-17-24(18-20-27)12-8-5-2)28-16-11-15-25(21-28)13-9-6-3;/h11,15-22H,4-10,12-14H2,1-3H3;. The molecule has 0 bridgehead atoms. The van der Waals surface area contributed by atoms with Gasteiger partial charge in [0.2, 0.25) is 0 Å². The van der Waals surface area contributed by atoms with E-state index in [2.05, 4.69) is 86.0 Å². The fraction of sp³-hybridized carbons (Fsp3) is 0.448. The van der Waals surface area contributed by atoms with Crippen LogP contribution in [-0.2, 0) is 33.3 Å². The molecule has 0 spiro atoms. The van der Waals surface area contributed by atoms with Crippen LogP contribution in [0.15, 0.2) is 60.2 Å². The Balaban J connectivity index is 0.00000512. The Bertz CT molecular complexity index is 914. The molecule has 0 N–H and O–H groups in total. The third-order valence-electron chi connectivity index (χ3n) is 5.70. The molecular weight excluding hydrogens is 483 g/mol. The minimum atomic E-state index is 0. The summed E-state index contributed by atoms with van der Waals surface area (Å²) in [5.41, 5.74) is 16.4. The van der Waals surface area contributed by atoms with E-state index in [-0.39, 0.29) is 20.4 Å². The van der Waals surface area contributed by atoms with Gasteiger partial charge < -0.3 is 5.53 Å². The summed E-state index contributed by atoms with van der Waals surface area (Å²) in [6.45, 7) is 6.67. The summed E-state index contributed by atoms with van der Waals surface area (Å²) in [5, 5.41) is 0. The molecule has 2 nitrogen and oxygen atoms in total. The molecule has 2 aromatic carbocycles. The summed E-state index contributed by atoms with van der Waals surface area (Å²) >= 11 is 0. The first-order valence-electron chi connectivity index (χ1n) is 12.1. The molecule has 3 heteroatoms. The number of nitrogens with zero attached hydrogens (tertiary/aromatic N) is 2. The summed E-state index contributed by atoms with van der Waals surface area (Å²) < 4.78 is 0. The molecular formula is C29H38N2Pd. The fourth-order valence-corrected chi connectivity index (χ4v) is 3.80. The summed E-state index contributed by atoms with van der Waals surface area (Å²) in [4.78, 5) is 3.23. The maximum absolute atomic E-state index is 9.17. The molecule has 0 aliphatic heterocycles. The third kappa shape index (κ3) is 9.65. The van der Waals surface area contributed by atoms with Crippen molar-refractivity contribution in [3.05, 3.63) is 88.0 Å². The van der Waals surface area contributed by atoms with E-state index in [1.807, 2.05) is 0 Å². The summed E-state index contributed by atoms with van der Waals surface area (Å²) in [6, 6.07) is 17.8. The quantitative estimate of drug-likeness (QED) is 0.0637. The van der Waals surface area contributed by atoms with Gasteiger partial charge in [-0.15, -0.1) is 4.79 Å². The van der Waals surface area contributed by atoms with Crippen molar-refractivity contribution in [1.29, 1.82) is 0 Å². The van der Waals surface area contributed by atoms with E-state index in [9.17, 15) is 5.53 Å². The Labute approximate surface area is 209 Å². The van der Waals surface area contributed by atoms with Gasteiger partial charge in [-0.25, -0.2) is 0 Å². The summed E-state index contributed by atoms with van der Waals surface area (Å²) in [7, 11) is 0. The molecule has 0 fully saturated rings. The van der Waals surface area contributed by atoms with Crippen molar-refractivity contribution in [3.63, 3.8) is 0 Å². The molecule has 0 amide bonds. The van der Waals surface area contributed by atoms with Crippen LogP contribution in [0.2, 0.25) is 0 Å². The predicted molar refractivity (Wildman–Crippen MR) is 133 cm³/mol. The number of aryl methyl sites for hydroxylation is 2. The molecule has 2 aromatic rings. The zero-order valence-electron chi connectivity index (χ0n) is 20.0. The van der Waals surface area contributed by atoms with E-state index in [1.54, 1.807) is 0 Å². The maximum atomic E-state index is 9.17. The van der Waals surface area contributed by atoms with Gasteiger partial charge in [0.25, 0.3) is 0 Å². The molecule has 0 atom stereocenters. The van der Waals surface area contributed by atoms with E-state index in [4.69, 9.17) is 0 Å². The molecule has 0 aliphatic rings. The van der Waals surface area contributed by atoms with Crippen molar-refractivity contribution < 1.29 is 25.2 Å². The first kappa shape index (κ1) is 28.0. The largest absolute Gasteiger partial charge is 0.348 e. The minimum absolute atomic E-state index is 0. The number of rotatable bonds is 13. The number of allylic oxidation sites excluding steroid dienone is 2. The van der Waals surface area contributed by atoms with Gasteiger partial charge in [0.05, 0.1) is 5.57 Å². The van der Waals surface area contributed by atoms with Crippen LogP contribution in [0.4, 0.5) is 0 Å². The Hall–Kier alpha value is -2.00. The first-order valence-corrected chi connectivity index (χ1v) is 12.1. The number of hydrogen-bond acceptors (Lipinski definition) is 0. The molecule has 0 saturated carbocycles. The monoisotopic (exact) mass is 520 g/mol. The van der Waals surface area contributed by atoms with Gasteiger partial charge in [0.1, 0.15) is 0 Å². The van der Waals surface area contributed by atoms with Crippen LogP contribution in [0.1, 0.15) is 94.4 Å². The van der Waals surface area contributed by atoms with Gasteiger partial charge in [-0.3, -0.25) is 0 Å². The molecule has 0 aromatic heterocycles. The molecule has 0 saturated heterocycles. The van der Waals surface area contributed by atoms with Gasteiger partial charge in [0.15, 0.2) is 0 Å². The van der Waals surface area contributed by atoms with Crippen molar-refractivity contribution in [2.75, 3.05) is 0 Å². The zero-order valence-corrected chi connectivity index (χ0v) is 21.5. The molecule has 0 radical (unpaired) electrons. The number of unbranched alkanes of at least 4 members (excludes halogenated alkanes) is 4. The molecule has 0 heterocycles. The fourth-order valence-electron chi connectivity index (χ4n) is 3.80. The van der Waals surface area contributed by atoms with E-state index < -0.39 is 0 Å². The smallest absolute Gasteiger partial charge is 0.303 e. The Kier molecular flexibility index (Phi) is 14.6. The molecule has 2 rings (SSSR count). The van der Waals surface area contributed by atoms with Crippen molar-refractivity contribution in [2.24, 2.45) is 0 Å². The SMILES string of the molecule is CCCCCC(=C=[N+]=[N-])C=C(c1ccc(CCCC)cc1)c1cccc(CCCC)c1.[Pd]. The van der Waals surface area contributed by atoms with Gasteiger partial charge in [-0.2, -0.15) is 0 Å². The normalized spacial score (nSPS) is 10.8. The zero-order chi connectivity index (χ0) is 22.3. The van der Waals surface area contributed by atoms with Crippen LogP contribution in [0.3, 0.4) is 0 Å². The molecule has 0 unspecified atom stereocenters. The van der Waals surface area contributed by atoms with Gasteiger partial charge >= 0.3 is 5.87 Å². The van der Waals surface area contributed by atoms with Gasteiger partial charge in [-0.05, 0) is 72.4 Å². The maximum Gasteiger partial charge on any atom is 0.303 e. The second-order valence-corrected chi connectivity index (χ2v) is 8.36. The Morgan fingerprint density at radius 1 is 0.812 bits per heavy atom. The van der Waals surface area contributed by atoms with Crippen LogP contribution < -0.4 is 0 Å². The van der Waals surface area contributed by atoms with Crippen molar-refractivity contribution in [1.82, 2.24) is 0 Å². The average Bonchev–Trinajstić information content (AvgIpc) is 2.80. The number of benzene rings is 2. The van der Waals surface area contributed by atoms with Crippen LogP contribution in [-0.4, -0.2) is 10.7 Å². The summed E-state index contributed by atoms with van der Waals surface area (Å²) in [6.07, 6.45) is 13.5. The van der Waals surface area contributed by atoms with Crippen molar-refractivity contribution in [3.8, 4) is 0 Å². The van der Waals surface area contributed by atoms with E-state index >= 15 is 0 Å². The van der Waals surface area contributed by atoms with Crippen LogP contribution in [0.25, 0.3) is 11.1 Å². The van der Waals surface area contributed by atoms with Crippen molar-refractivity contribution in [2.45, 2.75) is 85.0 Å². The third-order valence-corrected chi connectivity index (χ3v) is 5.70. The Morgan fingerprint density at radius 3 is 2.09 bits per heavy atom. The van der Waals surface area contributed by atoms with Crippen LogP contribution in [0.5, 0.6) is 0 Å². The molecule has 0 aliphatic carbocycles. The van der Waals surface area contributed by atoms with Crippen molar-refractivity contribution >= 4 is 11.4 Å². The summed E-state index contributed by atoms with van der Waals surface area (Å²) in [5.74, 6) is 2.82. The molecule has 174 valence electrons. The van der Waals surface area contributed by atoms with Gasteiger partial charge in [0, 0.05) is 20.4 Å². The number of hydrogen-bond donors (Lipinski definition) is 0. The average molecular weight is 521 g/mol. The van der Waals surface area contributed by atoms with E-state index in [0.29, 0.717) is 0 Å².